The van der Waals surface area contributed by atoms with Gasteiger partial charge in [-0.2, -0.15) is 0 Å². The molecule has 0 aliphatic carbocycles. The van der Waals surface area contributed by atoms with E-state index in [9.17, 15) is 4.79 Å². The molecule has 1 N–H and O–H groups in total. The van der Waals surface area contributed by atoms with Crippen LogP contribution < -0.4 is 5.32 Å². The molecule has 1 amide bonds. The van der Waals surface area contributed by atoms with E-state index >= 15 is 0 Å². The third-order valence-electron chi connectivity index (χ3n) is 12.4. The summed E-state index contributed by atoms with van der Waals surface area (Å²) in [5.41, 5.74) is 9.65. The van der Waals surface area contributed by atoms with Crippen molar-refractivity contribution in [3.8, 4) is 22.3 Å². The summed E-state index contributed by atoms with van der Waals surface area (Å²) < 4.78 is 0. The van der Waals surface area contributed by atoms with Crippen LogP contribution in [-0.2, 0) is 19.5 Å². The lowest BCUT2D eigenvalue weighted by atomic mass is 10.0. The summed E-state index contributed by atoms with van der Waals surface area (Å²) in [5.74, 6) is 0.135. The molecule has 5 aromatic rings. The number of aryl methyl sites for hydroxylation is 1. The molecule has 0 saturated heterocycles. The number of nitrogens with one attached hydrogen (secondary N) is 1. The van der Waals surface area contributed by atoms with E-state index in [1.54, 1.807) is 0 Å². The Labute approximate surface area is 397 Å². The van der Waals surface area contributed by atoms with Crippen LogP contribution in [0.15, 0.2) is 133 Å². The maximum Gasteiger partial charge on any atom is 0.254 e. The third-order valence-corrected chi connectivity index (χ3v) is 12.4. The number of hydrogen-bond donors (Lipinski definition) is 1. The van der Waals surface area contributed by atoms with Crippen LogP contribution in [0.25, 0.3) is 22.3 Å². The van der Waals surface area contributed by atoms with Gasteiger partial charge in [-0.3, -0.25) is 4.79 Å². The minimum absolute atomic E-state index is 0.135. The van der Waals surface area contributed by atoms with Crippen LogP contribution >= 0.6 is 0 Å². The van der Waals surface area contributed by atoms with Crippen molar-refractivity contribution in [2.45, 2.75) is 138 Å². The quantitative estimate of drug-likeness (QED) is 0.0450. The maximum absolute atomic E-state index is 13.7. The van der Waals surface area contributed by atoms with E-state index < -0.39 is 0 Å². The summed E-state index contributed by atoms with van der Waals surface area (Å²) in [6.07, 6.45) is 17.2. The van der Waals surface area contributed by atoms with Gasteiger partial charge in [-0.05, 0) is 148 Å². The van der Waals surface area contributed by atoms with Crippen LogP contribution in [-0.4, -0.2) is 73.0 Å². The molecule has 65 heavy (non-hydrogen) atoms. The van der Waals surface area contributed by atoms with E-state index in [2.05, 4.69) is 170 Å². The maximum atomic E-state index is 13.7. The first-order valence-corrected chi connectivity index (χ1v) is 25.8. The van der Waals surface area contributed by atoms with E-state index in [-0.39, 0.29) is 5.91 Å². The van der Waals surface area contributed by atoms with Crippen LogP contribution in [0.4, 0.5) is 0 Å². The van der Waals surface area contributed by atoms with Gasteiger partial charge in [-0.15, -0.1) is 0 Å². The van der Waals surface area contributed by atoms with Crippen LogP contribution in [0.5, 0.6) is 0 Å². The summed E-state index contributed by atoms with van der Waals surface area (Å²) >= 11 is 0. The van der Waals surface area contributed by atoms with Crippen molar-refractivity contribution in [1.82, 2.24) is 20.0 Å². The number of amides is 1. The highest BCUT2D eigenvalue weighted by Gasteiger charge is 2.17. The van der Waals surface area contributed by atoms with Crippen molar-refractivity contribution < 1.29 is 4.79 Å². The molecular formula is C60H86N4O. The molecule has 0 radical (unpaired) electrons. The predicted octanol–water partition coefficient (Wildman–Crippen LogP) is 14.8. The molecular weight excluding hydrogens is 793 g/mol. The van der Waals surface area contributed by atoms with Crippen molar-refractivity contribution in [2.24, 2.45) is 0 Å². The summed E-state index contributed by atoms with van der Waals surface area (Å²) in [6, 6.07) is 47.0. The molecule has 0 saturated carbocycles. The van der Waals surface area contributed by atoms with Gasteiger partial charge in [0.2, 0.25) is 0 Å². The van der Waals surface area contributed by atoms with Crippen molar-refractivity contribution in [2.75, 3.05) is 52.4 Å². The Morgan fingerprint density at radius 3 is 1.29 bits per heavy atom. The van der Waals surface area contributed by atoms with Crippen molar-refractivity contribution in [3.63, 3.8) is 0 Å². The highest BCUT2D eigenvalue weighted by molar-refractivity contribution is 5.94. The van der Waals surface area contributed by atoms with E-state index in [1.807, 2.05) is 18.2 Å². The first-order valence-electron chi connectivity index (χ1n) is 25.8. The molecule has 5 heteroatoms. The SMILES string of the molecule is CCCCCc1ccc(C(=O)N(CCCN(CCCC)CCCC)Cc2ccc(-c3ccccc3)cc2)cc1.CCCCN(CCCC)CCCNCc1ccc(-c2ccccc2)cc1. The molecule has 0 spiro atoms. The smallest absolute Gasteiger partial charge is 0.254 e. The van der Waals surface area contributed by atoms with E-state index in [1.165, 1.54) is 136 Å². The van der Waals surface area contributed by atoms with Gasteiger partial charge in [0.1, 0.15) is 0 Å². The molecule has 0 aliphatic rings. The molecule has 352 valence electrons. The van der Waals surface area contributed by atoms with Crippen LogP contribution in [0.1, 0.15) is 145 Å². The fourth-order valence-electron chi connectivity index (χ4n) is 8.27. The molecule has 5 rings (SSSR count). The number of benzene rings is 5. The lowest BCUT2D eigenvalue weighted by molar-refractivity contribution is 0.0734. The van der Waals surface area contributed by atoms with E-state index in [4.69, 9.17) is 0 Å². The fraction of sp³-hybridized carbons (Fsp3) is 0.483. The number of hydrogen-bond acceptors (Lipinski definition) is 4. The molecule has 0 unspecified atom stereocenters. The van der Waals surface area contributed by atoms with E-state index in [0.717, 1.165) is 57.7 Å². The van der Waals surface area contributed by atoms with Crippen LogP contribution in [0, 0.1) is 0 Å². The van der Waals surface area contributed by atoms with Gasteiger partial charge in [0.25, 0.3) is 5.91 Å². The Morgan fingerprint density at radius 1 is 0.400 bits per heavy atom. The molecule has 0 aromatic heterocycles. The standard InChI is InChI=1S/C36H50N2O.C24H36N2/c1-4-7-11-15-31-18-24-35(25-19-31)36(39)38(29-14-28-37(26-8-5-2)27-9-6-3)30-32-20-22-34(23-21-32)33-16-12-10-13-17-33;1-3-5-18-26(19-6-4-2)20-10-17-25-21-22-13-15-24(16-14-22)23-11-8-7-9-12-23/h10,12-13,16-25H,4-9,11,14-15,26-30H2,1-3H3;7-9,11-16,25H,3-6,10,17-21H2,1-2H3. The fourth-order valence-corrected chi connectivity index (χ4v) is 8.27. The van der Waals surface area contributed by atoms with E-state index in [0.29, 0.717) is 6.54 Å². The van der Waals surface area contributed by atoms with Gasteiger partial charge < -0.3 is 20.0 Å². The number of unbranched alkanes of at least 4 members (excludes halogenated alkanes) is 6. The summed E-state index contributed by atoms with van der Waals surface area (Å²) in [5, 5.41) is 3.60. The average Bonchev–Trinajstić information content (AvgIpc) is 3.36. The van der Waals surface area contributed by atoms with Crippen LogP contribution in [0.3, 0.4) is 0 Å². The van der Waals surface area contributed by atoms with Crippen LogP contribution in [0.2, 0.25) is 0 Å². The highest BCUT2D eigenvalue weighted by Crippen LogP contribution is 2.22. The van der Waals surface area contributed by atoms with Gasteiger partial charge in [-0.25, -0.2) is 0 Å². The second-order valence-electron chi connectivity index (χ2n) is 18.0. The Kier molecular flexibility index (Phi) is 26.9. The van der Waals surface area contributed by atoms with Gasteiger partial charge >= 0.3 is 0 Å². The molecule has 0 atom stereocenters. The monoisotopic (exact) mass is 879 g/mol. The van der Waals surface area contributed by atoms with Gasteiger partial charge in [-0.1, -0.05) is 194 Å². The van der Waals surface area contributed by atoms with Gasteiger partial charge in [0.15, 0.2) is 0 Å². The lowest BCUT2D eigenvalue weighted by Gasteiger charge is -2.26. The normalized spacial score (nSPS) is 11.2. The number of rotatable bonds is 31. The summed E-state index contributed by atoms with van der Waals surface area (Å²) in [7, 11) is 0. The van der Waals surface area contributed by atoms with Crippen molar-refractivity contribution >= 4 is 5.91 Å². The Balaban J connectivity index is 0.000000309. The third kappa shape index (κ3) is 21.1. The minimum atomic E-state index is 0.135. The number of carbonyl (C=O) groups excluding carboxylic acids is 1. The highest BCUT2D eigenvalue weighted by atomic mass is 16.2. The first-order chi connectivity index (χ1) is 32.0. The molecule has 5 aromatic carbocycles. The Hall–Kier alpha value is -4.55. The zero-order valence-corrected chi connectivity index (χ0v) is 41.4. The zero-order chi connectivity index (χ0) is 46.2. The largest absolute Gasteiger partial charge is 0.334 e. The molecule has 5 nitrogen and oxygen atoms in total. The number of nitrogens with zero attached hydrogens (tertiary/aromatic N) is 3. The molecule has 0 fully saturated rings. The predicted molar refractivity (Wildman–Crippen MR) is 282 cm³/mol. The van der Waals surface area contributed by atoms with Gasteiger partial charge in [0.05, 0.1) is 0 Å². The molecule has 0 heterocycles. The van der Waals surface area contributed by atoms with Gasteiger partial charge in [0, 0.05) is 25.2 Å². The summed E-state index contributed by atoms with van der Waals surface area (Å²) in [6.45, 7) is 21.9. The van der Waals surface area contributed by atoms with Crippen molar-refractivity contribution in [1.29, 1.82) is 0 Å². The second kappa shape index (κ2) is 33.0. The van der Waals surface area contributed by atoms with Crippen molar-refractivity contribution in [3.05, 3.63) is 156 Å². The summed E-state index contributed by atoms with van der Waals surface area (Å²) in [4.78, 5) is 21.0. The number of carbonyl (C=O) groups is 1. The first kappa shape index (κ1) is 53.1. The Morgan fingerprint density at radius 2 is 0.815 bits per heavy atom. The zero-order valence-electron chi connectivity index (χ0n) is 41.4. The molecule has 0 bridgehead atoms. The Bertz CT molecular complexity index is 1900. The average molecular weight is 879 g/mol. The lowest BCUT2D eigenvalue weighted by Crippen LogP contribution is -2.34. The topological polar surface area (TPSA) is 38.8 Å². The second-order valence-corrected chi connectivity index (χ2v) is 18.0. The molecule has 0 aliphatic heterocycles. The minimum Gasteiger partial charge on any atom is -0.334 e.